The fourth-order valence-electron chi connectivity index (χ4n) is 1.52. The van der Waals surface area contributed by atoms with Gasteiger partial charge >= 0.3 is 0 Å². The Hall–Kier alpha value is -0.780. The minimum absolute atomic E-state index is 0.214. The number of carbonyl (C=O) groups excluding carboxylic acids is 2. The molecule has 0 heterocycles. The molecular weight excluding hydrogens is 224 g/mol. The molecule has 3 N–H and O–H groups in total. The number of carbonyl (C=O) groups is 2. The lowest BCUT2D eigenvalue weighted by Gasteiger charge is -2.13. The molecule has 0 aliphatic rings. The van der Waals surface area contributed by atoms with Gasteiger partial charge in [0.05, 0.1) is 6.61 Å². The van der Waals surface area contributed by atoms with Gasteiger partial charge in [-0.3, -0.25) is 4.79 Å². The Kier molecular flexibility index (Phi) is 9.90. The Morgan fingerprint density at radius 3 is 2.24 bits per heavy atom. The van der Waals surface area contributed by atoms with E-state index in [4.69, 9.17) is 10.2 Å². The first-order valence-electron chi connectivity index (χ1n) is 6.06. The standard InChI is InChI=1S/C12H22O5/c13-8-6-4-2-1-3-5-7-10(15)12(17)11(16)9-14/h8,11-12,14,16-17H,1-7,9H2. The first-order valence-corrected chi connectivity index (χ1v) is 6.06. The normalized spacial score (nSPS) is 14.3. The first kappa shape index (κ1) is 16.2. The highest BCUT2D eigenvalue weighted by atomic mass is 16.4. The van der Waals surface area contributed by atoms with Gasteiger partial charge < -0.3 is 20.1 Å². The molecule has 0 bridgehead atoms. The zero-order valence-corrected chi connectivity index (χ0v) is 10.0. The molecule has 0 rings (SSSR count). The van der Waals surface area contributed by atoms with Crippen molar-refractivity contribution in [3.8, 4) is 0 Å². The maximum absolute atomic E-state index is 11.3. The van der Waals surface area contributed by atoms with E-state index in [1.54, 1.807) is 0 Å². The van der Waals surface area contributed by atoms with Gasteiger partial charge in [0.2, 0.25) is 0 Å². The fourth-order valence-corrected chi connectivity index (χ4v) is 1.52. The maximum Gasteiger partial charge on any atom is 0.164 e. The summed E-state index contributed by atoms with van der Waals surface area (Å²) in [6, 6.07) is 0. The summed E-state index contributed by atoms with van der Waals surface area (Å²) >= 11 is 0. The van der Waals surface area contributed by atoms with E-state index in [1.165, 1.54) is 0 Å². The Balaban J connectivity index is 3.48. The topological polar surface area (TPSA) is 94.8 Å². The molecule has 0 aromatic rings. The highest BCUT2D eigenvalue weighted by Crippen LogP contribution is 2.08. The van der Waals surface area contributed by atoms with Crippen molar-refractivity contribution in [3.05, 3.63) is 0 Å². The lowest BCUT2D eigenvalue weighted by molar-refractivity contribution is -0.134. The molecule has 0 fully saturated rings. The Morgan fingerprint density at radius 2 is 1.65 bits per heavy atom. The lowest BCUT2D eigenvalue weighted by Crippen LogP contribution is -2.36. The predicted octanol–water partition coefficient (Wildman–Crippen LogP) is 0.199. The summed E-state index contributed by atoms with van der Waals surface area (Å²) in [6.45, 7) is -0.612. The van der Waals surface area contributed by atoms with Crippen LogP contribution in [0.1, 0.15) is 44.9 Å². The van der Waals surface area contributed by atoms with E-state index < -0.39 is 24.6 Å². The third-order valence-electron chi connectivity index (χ3n) is 2.63. The van der Waals surface area contributed by atoms with Crippen molar-refractivity contribution in [3.63, 3.8) is 0 Å². The molecule has 0 aromatic heterocycles. The number of Topliss-reactive ketones (excluding diaryl/α,β-unsaturated/α-hetero) is 1. The van der Waals surface area contributed by atoms with Crippen LogP contribution in [-0.2, 0) is 9.59 Å². The molecule has 5 heteroatoms. The first-order chi connectivity index (χ1) is 8.13. The molecule has 0 spiro atoms. The predicted molar refractivity (Wildman–Crippen MR) is 62.5 cm³/mol. The molecule has 17 heavy (non-hydrogen) atoms. The molecule has 0 saturated heterocycles. The molecule has 2 atom stereocenters. The molecule has 0 aromatic carbocycles. The molecule has 2 unspecified atom stereocenters. The van der Waals surface area contributed by atoms with Crippen molar-refractivity contribution >= 4 is 12.1 Å². The van der Waals surface area contributed by atoms with Crippen molar-refractivity contribution in [2.45, 2.75) is 57.2 Å². The number of unbranched alkanes of at least 4 members (excludes halogenated alkanes) is 5. The van der Waals surface area contributed by atoms with Crippen LogP contribution in [0, 0.1) is 0 Å². The second kappa shape index (κ2) is 10.4. The summed E-state index contributed by atoms with van der Waals surface area (Å²) in [5, 5.41) is 26.9. The third-order valence-corrected chi connectivity index (χ3v) is 2.63. The van der Waals surface area contributed by atoms with Crippen molar-refractivity contribution in [2.24, 2.45) is 0 Å². The summed E-state index contributed by atoms with van der Waals surface area (Å²) in [5.41, 5.74) is 0. The highest BCUT2D eigenvalue weighted by molar-refractivity contribution is 5.83. The summed E-state index contributed by atoms with van der Waals surface area (Å²) < 4.78 is 0. The van der Waals surface area contributed by atoms with E-state index in [-0.39, 0.29) is 6.42 Å². The van der Waals surface area contributed by atoms with E-state index in [1.807, 2.05) is 0 Å². The second-order valence-electron chi connectivity index (χ2n) is 4.13. The minimum atomic E-state index is -1.48. The van der Waals surface area contributed by atoms with Crippen LogP contribution in [0.4, 0.5) is 0 Å². The molecule has 100 valence electrons. The van der Waals surface area contributed by atoms with Crippen molar-refractivity contribution < 1.29 is 24.9 Å². The minimum Gasteiger partial charge on any atom is -0.394 e. The van der Waals surface area contributed by atoms with Crippen LogP contribution in [0.15, 0.2) is 0 Å². The quantitative estimate of drug-likeness (QED) is 0.357. The number of aliphatic hydroxyl groups excluding tert-OH is 3. The van der Waals surface area contributed by atoms with E-state index >= 15 is 0 Å². The van der Waals surface area contributed by atoms with Crippen LogP contribution in [0.5, 0.6) is 0 Å². The second-order valence-corrected chi connectivity index (χ2v) is 4.13. The van der Waals surface area contributed by atoms with E-state index in [2.05, 4.69) is 0 Å². The number of aliphatic hydroxyl groups is 3. The molecule has 0 radical (unpaired) electrons. The molecule has 0 aliphatic heterocycles. The SMILES string of the molecule is O=CCCCCCCCC(=O)C(O)C(O)CO. The van der Waals surface area contributed by atoms with Crippen LogP contribution in [-0.4, -0.2) is 46.2 Å². The number of hydrogen-bond donors (Lipinski definition) is 3. The van der Waals surface area contributed by atoms with Gasteiger partial charge in [0.1, 0.15) is 18.5 Å². The van der Waals surface area contributed by atoms with Gasteiger partial charge in [0, 0.05) is 12.8 Å². The number of hydrogen-bond acceptors (Lipinski definition) is 5. The number of rotatable bonds is 11. The van der Waals surface area contributed by atoms with Gasteiger partial charge in [0.15, 0.2) is 5.78 Å². The Bertz CT molecular complexity index is 217. The molecule has 0 saturated carbocycles. The van der Waals surface area contributed by atoms with Gasteiger partial charge in [-0.1, -0.05) is 19.3 Å². The monoisotopic (exact) mass is 246 g/mol. The third kappa shape index (κ3) is 8.01. The Labute approximate surface area is 101 Å². The van der Waals surface area contributed by atoms with Gasteiger partial charge in [-0.05, 0) is 12.8 Å². The molecule has 0 amide bonds. The molecule has 5 nitrogen and oxygen atoms in total. The van der Waals surface area contributed by atoms with Gasteiger partial charge in [-0.25, -0.2) is 0 Å². The van der Waals surface area contributed by atoms with Crippen molar-refractivity contribution in [2.75, 3.05) is 6.61 Å². The Morgan fingerprint density at radius 1 is 1.06 bits per heavy atom. The van der Waals surface area contributed by atoms with Gasteiger partial charge in [-0.15, -0.1) is 0 Å². The smallest absolute Gasteiger partial charge is 0.164 e. The summed E-state index contributed by atoms with van der Waals surface area (Å²) in [5.74, 6) is -0.431. The van der Waals surface area contributed by atoms with Crippen LogP contribution in [0.25, 0.3) is 0 Å². The van der Waals surface area contributed by atoms with Gasteiger partial charge in [-0.2, -0.15) is 0 Å². The van der Waals surface area contributed by atoms with Crippen LogP contribution < -0.4 is 0 Å². The fraction of sp³-hybridized carbons (Fsp3) is 0.833. The average Bonchev–Trinajstić information content (AvgIpc) is 2.35. The van der Waals surface area contributed by atoms with E-state index in [0.717, 1.165) is 32.0 Å². The maximum atomic E-state index is 11.3. The highest BCUT2D eigenvalue weighted by Gasteiger charge is 2.22. The average molecular weight is 246 g/mol. The van der Waals surface area contributed by atoms with Crippen LogP contribution >= 0.6 is 0 Å². The summed E-state index contributed by atoms with van der Waals surface area (Å²) in [6.07, 6.45) is 3.17. The van der Waals surface area contributed by atoms with Crippen LogP contribution in [0.2, 0.25) is 0 Å². The van der Waals surface area contributed by atoms with Crippen molar-refractivity contribution in [1.29, 1.82) is 0 Å². The largest absolute Gasteiger partial charge is 0.394 e. The molecular formula is C12H22O5. The van der Waals surface area contributed by atoms with Gasteiger partial charge in [0.25, 0.3) is 0 Å². The summed E-state index contributed by atoms with van der Waals surface area (Å²) in [7, 11) is 0. The van der Waals surface area contributed by atoms with E-state index in [9.17, 15) is 14.7 Å². The summed E-state index contributed by atoms with van der Waals surface area (Å²) in [4.78, 5) is 21.3. The zero-order valence-electron chi connectivity index (χ0n) is 10.0. The van der Waals surface area contributed by atoms with Crippen LogP contribution in [0.3, 0.4) is 0 Å². The van der Waals surface area contributed by atoms with Crippen molar-refractivity contribution in [1.82, 2.24) is 0 Å². The molecule has 0 aliphatic carbocycles. The number of ketones is 1. The lowest BCUT2D eigenvalue weighted by atomic mass is 10.0. The van der Waals surface area contributed by atoms with E-state index in [0.29, 0.717) is 12.8 Å². The number of aldehydes is 1. The zero-order chi connectivity index (χ0) is 13.1.